The van der Waals surface area contributed by atoms with Crippen LogP contribution in [0, 0.1) is 0 Å². The maximum absolute atomic E-state index is 11.9. The number of nitrogens with zero attached hydrogens (tertiary/aromatic N) is 2. The Labute approximate surface area is 125 Å². The van der Waals surface area contributed by atoms with Crippen molar-refractivity contribution in [3.8, 4) is 0 Å². The lowest BCUT2D eigenvalue weighted by Gasteiger charge is -2.12. The van der Waals surface area contributed by atoms with E-state index in [1.165, 1.54) is 6.20 Å². The van der Waals surface area contributed by atoms with Gasteiger partial charge in [0.15, 0.2) is 0 Å². The van der Waals surface area contributed by atoms with Crippen molar-refractivity contribution in [2.75, 3.05) is 13.6 Å². The van der Waals surface area contributed by atoms with Crippen LogP contribution >= 0.6 is 24.0 Å². The van der Waals surface area contributed by atoms with Gasteiger partial charge in [-0.25, -0.2) is 9.97 Å². The number of aromatic nitrogens is 2. The molecule has 0 aromatic carbocycles. The first-order chi connectivity index (χ1) is 8.45. The predicted molar refractivity (Wildman–Crippen MR) is 79.2 cm³/mol. The van der Waals surface area contributed by atoms with E-state index in [0.717, 1.165) is 0 Å². The van der Waals surface area contributed by atoms with Crippen LogP contribution in [0.5, 0.6) is 0 Å². The van der Waals surface area contributed by atoms with Crippen LogP contribution in [0.25, 0.3) is 0 Å². The van der Waals surface area contributed by atoms with Crippen molar-refractivity contribution in [1.82, 2.24) is 20.6 Å². The molecule has 0 saturated carbocycles. The second-order valence-electron chi connectivity index (χ2n) is 4.48. The van der Waals surface area contributed by atoms with Gasteiger partial charge in [0.25, 0.3) is 5.91 Å². The maximum atomic E-state index is 11.9. The van der Waals surface area contributed by atoms with Gasteiger partial charge < -0.3 is 10.6 Å². The molecule has 1 aromatic heterocycles. The Kier molecular flexibility index (Phi) is 7.90. The summed E-state index contributed by atoms with van der Waals surface area (Å²) < 4.78 is 0. The lowest BCUT2D eigenvalue weighted by Crippen LogP contribution is -2.37. The summed E-state index contributed by atoms with van der Waals surface area (Å²) in [7, 11) is 1.84. The number of amides is 1. The zero-order valence-corrected chi connectivity index (χ0v) is 13.1. The second kappa shape index (κ2) is 8.30. The average Bonchev–Trinajstić information content (AvgIpc) is 2.35. The monoisotopic (exact) mass is 306 g/mol. The Hall–Kier alpha value is -0.910. The molecule has 7 heteroatoms. The molecule has 0 saturated heterocycles. The van der Waals surface area contributed by atoms with Crippen LogP contribution in [0.1, 0.15) is 43.0 Å². The van der Waals surface area contributed by atoms with Crippen LogP contribution < -0.4 is 10.6 Å². The molecule has 1 rings (SSSR count). The summed E-state index contributed by atoms with van der Waals surface area (Å²) in [5, 5.41) is 6.09. The highest BCUT2D eigenvalue weighted by molar-refractivity contribution is 6.33. The zero-order chi connectivity index (χ0) is 13.7. The molecule has 19 heavy (non-hydrogen) atoms. The van der Waals surface area contributed by atoms with Crippen molar-refractivity contribution in [1.29, 1.82) is 0 Å². The van der Waals surface area contributed by atoms with Gasteiger partial charge in [-0.2, -0.15) is 0 Å². The number of carbonyl (C=O) groups excluding carboxylic acids is 1. The van der Waals surface area contributed by atoms with Crippen LogP contribution in [0.4, 0.5) is 0 Å². The van der Waals surface area contributed by atoms with E-state index in [2.05, 4.69) is 20.6 Å². The summed E-state index contributed by atoms with van der Waals surface area (Å²) in [5.74, 6) is 0.502. The normalized spacial score (nSPS) is 11.9. The first-order valence-corrected chi connectivity index (χ1v) is 6.31. The van der Waals surface area contributed by atoms with Crippen molar-refractivity contribution in [3.63, 3.8) is 0 Å². The maximum Gasteiger partial charge on any atom is 0.271 e. The van der Waals surface area contributed by atoms with Crippen LogP contribution in [0.2, 0.25) is 5.02 Å². The van der Waals surface area contributed by atoms with E-state index in [1.807, 2.05) is 27.8 Å². The highest BCUT2D eigenvalue weighted by atomic mass is 35.5. The third kappa shape index (κ3) is 5.30. The van der Waals surface area contributed by atoms with Gasteiger partial charge in [0.2, 0.25) is 0 Å². The van der Waals surface area contributed by atoms with Gasteiger partial charge in [-0.3, -0.25) is 4.79 Å². The zero-order valence-electron chi connectivity index (χ0n) is 11.5. The summed E-state index contributed by atoms with van der Waals surface area (Å²) >= 11 is 5.94. The standard InChI is InChI=1S/C12H19ClN4O.ClH/c1-7(2)11-15-6-9(13)10(17-11)12(18)16-5-8(3)14-4;/h6-8,14H,5H2,1-4H3,(H,16,18);1H. The summed E-state index contributed by atoms with van der Waals surface area (Å²) in [6.07, 6.45) is 1.47. The van der Waals surface area contributed by atoms with Gasteiger partial charge in [-0.1, -0.05) is 25.4 Å². The molecule has 0 bridgehead atoms. The molecule has 0 aliphatic carbocycles. The lowest BCUT2D eigenvalue weighted by atomic mass is 10.2. The fraction of sp³-hybridized carbons (Fsp3) is 0.583. The van der Waals surface area contributed by atoms with Gasteiger partial charge in [0, 0.05) is 18.5 Å². The number of hydrogen-bond donors (Lipinski definition) is 2. The Morgan fingerprint density at radius 3 is 2.58 bits per heavy atom. The van der Waals surface area contributed by atoms with Gasteiger partial charge in [0.1, 0.15) is 11.5 Å². The third-order valence-corrected chi connectivity index (χ3v) is 2.83. The van der Waals surface area contributed by atoms with E-state index < -0.39 is 0 Å². The van der Waals surface area contributed by atoms with Gasteiger partial charge in [-0.05, 0) is 14.0 Å². The quantitative estimate of drug-likeness (QED) is 0.873. The third-order valence-electron chi connectivity index (χ3n) is 2.56. The molecule has 0 aliphatic heterocycles. The minimum Gasteiger partial charge on any atom is -0.349 e. The Bertz CT molecular complexity index is 426. The van der Waals surface area contributed by atoms with Crippen molar-refractivity contribution >= 4 is 29.9 Å². The van der Waals surface area contributed by atoms with Gasteiger partial charge in [-0.15, -0.1) is 12.4 Å². The van der Waals surface area contributed by atoms with E-state index >= 15 is 0 Å². The van der Waals surface area contributed by atoms with Crippen LogP contribution in [-0.2, 0) is 0 Å². The SMILES string of the molecule is CNC(C)CNC(=O)c1nc(C(C)C)ncc1Cl.Cl. The molecule has 1 amide bonds. The molecule has 0 spiro atoms. The number of likely N-dealkylation sites (N-methyl/N-ethyl adjacent to an activating group) is 1. The molecular formula is C12H20Cl2N4O. The fourth-order valence-electron chi connectivity index (χ4n) is 1.25. The minimum atomic E-state index is -0.272. The topological polar surface area (TPSA) is 66.9 Å². The molecule has 0 aliphatic rings. The summed E-state index contributed by atoms with van der Waals surface area (Å²) in [4.78, 5) is 20.2. The van der Waals surface area contributed by atoms with E-state index in [4.69, 9.17) is 11.6 Å². The van der Waals surface area contributed by atoms with Crippen LogP contribution in [0.3, 0.4) is 0 Å². The van der Waals surface area contributed by atoms with Crippen LogP contribution in [-0.4, -0.2) is 35.5 Å². The molecule has 1 atom stereocenters. The van der Waals surface area contributed by atoms with Gasteiger partial charge in [0.05, 0.1) is 11.2 Å². The number of nitrogens with one attached hydrogen (secondary N) is 2. The van der Waals surface area contributed by atoms with E-state index in [0.29, 0.717) is 12.4 Å². The van der Waals surface area contributed by atoms with E-state index in [9.17, 15) is 4.79 Å². The molecule has 1 unspecified atom stereocenters. The van der Waals surface area contributed by atoms with Crippen molar-refractivity contribution in [2.45, 2.75) is 32.7 Å². The molecule has 0 radical (unpaired) electrons. The van der Waals surface area contributed by atoms with Crippen molar-refractivity contribution in [3.05, 3.63) is 22.7 Å². The highest BCUT2D eigenvalue weighted by Crippen LogP contribution is 2.16. The fourth-order valence-corrected chi connectivity index (χ4v) is 1.43. The predicted octanol–water partition coefficient (Wildman–Crippen LogP) is 2.01. The number of halogens is 2. The summed E-state index contributed by atoms with van der Waals surface area (Å²) in [6.45, 7) is 6.43. The Morgan fingerprint density at radius 2 is 2.05 bits per heavy atom. The lowest BCUT2D eigenvalue weighted by molar-refractivity contribution is 0.0945. The minimum absolute atomic E-state index is 0. The Balaban J connectivity index is 0.00000324. The van der Waals surface area contributed by atoms with E-state index in [1.54, 1.807) is 0 Å². The summed E-state index contributed by atoms with van der Waals surface area (Å²) in [5.41, 5.74) is 0.235. The van der Waals surface area contributed by atoms with Gasteiger partial charge >= 0.3 is 0 Å². The number of hydrogen-bond acceptors (Lipinski definition) is 4. The molecule has 1 heterocycles. The smallest absolute Gasteiger partial charge is 0.271 e. The average molecular weight is 307 g/mol. The first kappa shape index (κ1) is 18.1. The highest BCUT2D eigenvalue weighted by Gasteiger charge is 2.15. The van der Waals surface area contributed by atoms with Crippen molar-refractivity contribution in [2.24, 2.45) is 0 Å². The molecular weight excluding hydrogens is 287 g/mol. The molecule has 108 valence electrons. The summed E-state index contributed by atoms with van der Waals surface area (Å²) in [6, 6.07) is 0.194. The number of carbonyl (C=O) groups is 1. The van der Waals surface area contributed by atoms with E-state index in [-0.39, 0.29) is 41.0 Å². The van der Waals surface area contributed by atoms with Crippen LogP contribution in [0.15, 0.2) is 6.20 Å². The molecule has 0 fully saturated rings. The molecule has 5 nitrogen and oxygen atoms in total. The molecule has 2 N–H and O–H groups in total. The number of rotatable bonds is 5. The largest absolute Gasteiger partial charge is 0.349 e. The first-order valence-electron chi connectivity index (χ1n) is 5.93. The molecule has 1 aromatic rings. The second-order valence-corrected chi connectivity index (χ2v) is 4.89. The van der Waals surface area contributed by atoms with Crippen molar-refractivity contribution < 1.29 is 4.79 Å². The Morgan fingerprint density at radius 1 is 1.42 bits per heavy atom.